The fraction of sp³-hybridized carbons (Fsp3) is 0.562. The molecule has 3 heterocycles. The molecule has 0 bridgehead atoms. The highest BCUT2D eigenvalue weighted by Gasteiger charge is 2.35. The van der Waals surface area contributed by atoms with E-state index < -0.39 is 0 Å². The second-order valence-electron chi connectivity index (χ2n) is 6.01. The molecule has 1 aromatic rings. The molecule has 118 valence electrons. The number of amides is 1. The van der Waals surface area contributed by atoms with Gasteiger partial charge in [0.25, 0.3) is 0 Å². The summed E-state index contributed by atoms with van der Waals surface area (Å²) in [6, 6.07) is 6.10. The number of benzene rings is 1. The molecule has 6 nitrogen and oxygen atoms in total. The van der Waals surface area contributed by atoms with Crippen molar-refractivity contribution >= 4 is 5.91 Å². The van der Waals surface area contributed by atoms with Gasteiger partial charge in [0.05, 0.1) is 6.04 Å². The third-order valence-corrected chi connectivity index (χ3v) is 4.62. The number of fused-ring (bicyclic) bond motifs is 1. The van der Waals surface area contributed by atoms with Crippen LogP contribution in [0, 0.1) is 0 Å². The van der Waals surface area contributed by atoms with Gasteiger partial charge in [-0.25, -0.2) is 5.43 Å². The zero-order valence-corrected chi connectivity index (χ0v) is 12.5. The van der Waals surface area contributed by atoms with Crippen LogP contribution in [-0.2, 0) is 4.79 Å². The van der Waals surface area contributed by atoms with E-state index in [4.69, 9.17) is 9.47 Å². The van der Waals surface area contributed by atoms with Crippen molar-refractivity contribution < 1.29 is 14.3 Å². The van der Waals surface area contributed by atoms with E-state index in [9.17, 15) is 4.79 Å². The molecule has 2 N–H and O–H groups in total. The summed E-state index contributed by atoms with van der Waals surface area (Å²) in [6.07, 6.45) is 2.90. The molecular weight excluding hydrogens is 282 g/mol. The van der Waals surface area contributed by atoms with Crippen molar-refractivity contribution in [2.75, 3.05) is 26.3 Å². The first-order valence-electron chi connectivity index (χ1n) is 8.01. The van der Waals surface area contributed by atoms with Crippen LogP contribution in [0.5, 0.6) is 11.5 Å². The van der Waals surface area contributed by atoms with E-state index in [1.165, 1.54) is 0 Å². The summed E-state index contributed by atoms with van der Waals surface area (Å²) in [5, 5.41) is 0. The lowest BCUT2D eigenvalue weighted by atomic mass is 10.0. The van der Waals surface area contributed by atoms with Crippen molar-refractivity contribution in [1.82, 2.24) is 15.8 Å². The minimum absolute atomic E-state index is 0.0992. The predicted molar refractivity (Wildman–Crippen MR) is 80.7 cm³/mol. The molecule has 1 amide bonds. The number of rotatable bonds is 2. The first kappa shape index (κ1) is 13.8. The zero-order chi connectivity index (χ0) is 14.9. The summed E-state index contributed by atoms with van der Waals surface area (Å²) in [7, 11) is 0. The third-order valence-electron chi connectivity index (χ3n) is 4.62. The van der Waals surface area contributed by atoms with Crippen LogP contribution in [0.15, 0.2) is 18.2 Å². The van der Waals surface area contributed by atoms with Gasteiger partial charge < -0.3 is 14.4 Å². The van der Waals surface area contributed by atoms with Crippen LogP contribution in [-0.4, -0.2) is 43.2 Å². The van der Waals surface area contributed by atoms with E-state index in [1.807, 2.05) is 17.0 Å². The number of nitrogens with zero attached hydrogens (tertiary/aromatic N) is 1. The van der Waals surface area contributed by atoms with Gasteiger partial charge in [0.1, 0.15) is 19.3 Å². The van der Waals surface area contributed by atoms with Crippen LogP contribution in [0.25, 0.3) is 0 Å². The molecule has 3 aliphatic heterocycles. The largest absolute Gasteiger partial charge is 0.486 e. The smallest absolute Gasteiger partial charge is 0.241 e. The Bertz CT molecular complexity index is 572. The molecule has 2 unspecified atom stereocenters. The Labute approximate surface area is 129 Å². The Hall–Kier alpha value is -1.79. The highest BCUT2D eigenvalue weighted by atomic mass is 16.6. The summed E-state index contributed by atoms with van der Waals surface area (Å²) < 4.78 is 11.2. The first-order chi connectivity index (χ1) is 10.8. The van der Waals surface area contributed by atoms with Gasteiger partial charge in [-0.1, -0.05) is 6.07 Å². The average molecular weight is 303 g/mol. The van der Waals surface area contributed by atoms with Crippen LogP contribution < -0.4 is 20.3 Å². The van der Waals surface area contributed by atoms with Gasteiger partial charge in [-0.2, -0.15) is 0 Å². The van der Waals surface area contributed by atoms with Crippen molar-refractivity contribution in [3.8, 4) is 11.5 Å². The van der Waals surface area contributed by atoms with Gasteiger partial charge in [0, 0.05) is 13.1 Å². The molecule has 0 radical (unpaired) electrons. The summed E-state index contributed by atoms with van der Waals surface area (Å²) in [5.41, 5.74) is 7.25. The monoisotopic (exact) mass is 303 g/mol. The van der Waals surface area contributed by atoms with E-state index in [0.717, 1.165) is 49.4 Å². The third kappa shape index (κ3) is 2.42. The molecular formula is C16H21N3O3. The van der Waals surface area contributed by atoms with Crippen molar-refractivity contribution in [3.05, 3.63) is 23.8 Å². The maximum atomic E-state index is 12.7. The first-order valence-corrected chi connectivity index (χ1v) is 8.01. The maximum Gasteiger partial charge on any atom is 0.241 e. The normalized spacial score (nSPS) is 27.2. The van der Waals surface area contributed by atoms with Gasteiger partial charge in [-0.15, -0.1) is 0 Å². The van der Waals surface area contributed by atoms with Gasteiger partial charge in [-0.3, -0.25) is 10.2 Å². The van der Waals surface area contributed by atoms with E-state index >= 15 is 0 Å². The zero-order valence-electron chi connectivity index (χ0n) is 12.5. The van der Waals surface area contributed by atoms with Crippen molar-refractivity contribution in [1.29, 1.82) is 0 Å². The molecule has 0 aliphatic carbocycles. The lowest BCUT2D eigenvalue weighted by Gasteiger charge is -2.28. The molecule has 2 fully saturated rings. The Balaban J connectivity index is 1.56. The number of ether oxygens (including phenoxy) is 2. The molecule has 0 spiro atoms. The molecule has 2 atom stereocenters. The second kappa shape index (κ2) is 5.78. The van der Waals surface area contributed by atoms with E-state index in [2.05, 4.69) is 16.9 Å². The van der Waals surface area contributed by atoms with Gasteiger partial charge in [-0.05, 0) is 37.0 Å². The molecule has 4 rings (SSSR count). The van der Waals surface area contributed by atoms with Crippen LogP contribution in [0.3, 0.4) is 0 Å². The Morgan fingerprint density at radius 2 is 2.05 bits per heavy atom. The quantitative estimate of drug-likeness (QED) is 0.853. The van der Waals surface area contributed by atoms with Crippen LogP contribution in [0.1, 0.15) is 30.9 Å². The summed E-state index contributed by atoms with van der Waals surface area (Å²) in [5.74, 6) is 1.79. The molecule has 3 aliphatic rings. The Morgan fingerprint density at radius 3 is 2.86 bits per heavy atom. The molecule has 0 saturated carbocycles. The van der Waals surface area contributed by atoms with Crippen molar-refractivity contribution in [2.24, 2.45) is 0 Å². The number of hydrogen-bond donors (Lipinski definition) is 2. The fourth-order valence-electron chi connectivity index (χ4n) is 3.51. The lowest BCUT2D eigenvalue weighted by molar-refractivity contribution is -0.134. The number of nitrogens with one attached hydrogen (secondary N) is 2. The van der Waals surface area contributed by atoms with Crippen molar-refractivity contribution in [3.63, 3.8) is 0 Å². The molecule has 0 aromatic heterocycles. The molecule has 2 saturated heterocycles. The molecule has 1 aromatic carbocycles. The minimum atomic E-state index is -0.0992. The average Bonchev–Trinajstić information content (AvgIpc) is 3.25. The summed E-state index contributed by atoms with van der Waals surface area (Å²) in [6.45, 7) is 2.86. The van der Waals surface area contributed by atoms with E-state index in [0.29, 0.717) is 13.2 Å². The molecule has 22 heavy (non-hydrogen) atoms. The van der Waals surface area contributed by atoms with Gasteiger partial charge >= 0.3 is 0 Å². The highest BCUT2D eigenvalue weighted by Crippen LogP contribution is 2.38. The topological polar surface area (TPSA) is 62.8 Å². The van der Waals surface area contributed by atoms with Crippen LogP contribution in [0.4, 0.5) is 0 Å². The highest BCUT2D eigenvalue weighted by molar-refractivity contribution is 5.82. The lowest BCUT2D eigenvalue weighted by Crippen LogP contribution is -2.45. The number of hydrazine groups is 1. The number of carbonyl (C=O) groups is 1. The fourth-order valence-corrected chi connectivity index (χ4v) is 3.51. The number of likely N-dealkylation sites (tertiary alicyclic amines) is 1. The van der Waals surface area contributed by atoms with E-state index in [1.54, 1.807) is 0 Å². The van der Waals surface area contributed by atoms with Crippen molar-refractivity contribution in [2.45, 2.75) is 31.3 Å². The van der Waals surface area contributed by atoms with Gasteiger partial charge in [0.15, 0.2) is 11.5 Å². The van der Waals surface area contributed by atoms with Crippen LogP contribution >= 0.6 is 0 Å². The minimum Gasteiger partial charge on any atom is -0.486 e. The molecule has 6 heteroatoms. The summed E-state index contributed by atoms with van der Waals surface area (Å²) >= 11 is 0. The predicted octanol–water partition coefficient (Wildman–Crippen LogP) is 0.988. The number of carbonyl (C=O) groups excluding carboxylic acids is 1. The van der Waals surface area contributed by atoms with Gasteiger partial charge in [0.2, 0.25) is 5.91 Å². The van der Waals surface area contributed by atoms with E-state index in [-0.39, 0.29) is 18.0 Å². The summed E-state index contributed by atoms with van der Waals surface area (Å²) in [4.78, 5) is 14.7. The SMILES string of the molecule is O=C(C1CCNN1)N1CCCC1c1ccc2c(c1)OCCO2. The maximum absolute atomic E-state index is 12.7. The number of hydrogen-bond acceptors (Lipinski definition) is 5. The Kier molecular flexibility index (Phi) is 3.63. The van der Waals surface area contributed by atoms with Crippen LogP contribution in [0.2, 0.25) is 0 Å². The Morgan fingerprint density at radius 1 is 1.18 bits per heavy atom. The second-order valence-corrected chi connectivity index (χ2v) is 6.01. The standard InChI is InChI=1S/C16H21N3O3/c20-16(12-5-6-17-18-12)19-7-1-2-13(19)11-3-4-14-15(10-11)22-9-8-21-14/h3-4,10,12-13,17-18H,1-2,5-9H2.